The normalized spacial score (nSPS) is 11.5. The maximum Gasteiger partial charge on any atom is 0.279 e. The van der Waals surface area contributed by atoms with Gasteiger partial charge in [-0.15, -0.1) is 0 Å². The maximum absolute atomic E-state index is 12.1. The van der Waals surface area contributed by atoms with Crippen LogP contribution in [0.3, 0.4) is 0 Å². The van der Waals surface area contributed by atoms with Gasteiger partial charge in [-0.2, -0.15) is 0 Å². The molecule has 2 amide bonds. The number of rotatable bonds is 10. The van der Waals surface area contributed by atoms with Crippen molar-refractivity contribution in [1.82, 2.24) is 5.32 Å². The Balaban J connectivity index is 2.56. The molecule has 7 heteroatoms. The van der Waals surface area contributed by atoms with Crippen LogP contribution in [0.1, 0.15) is 20.8 Å². The molecular weight excluding hydrogens is 310 g/mol. The van der Waals surface area contributed by atoms with E-state index >= 15 is 0 Å². The van der Waals surface area contributed by atoms with Crippen molar-refractivity contribution in [3.05, 3.63) is 18.2 Å². The number of likely N-dealkylation sites (N-methyl/N-ethyl adjacent to an activating group) is 1. The summed E-state index contributed by atoms with van der Waals surface area (Å²) in [6, 6.07) is 5.34. The van der Waals surface area contributed by atoms with E-state index in [0.29, 0.717) is 50.0 Å². The van der Waals surface area contributed by atoms with E-state index in [2.05, 4.69) is 10.6 Å². The fourth-order valence-corrected chi connectivity index (χ4v) is 2.15. The predicted octanol–water partition coefficient (Wildman–Crippen LogP) is 0.0733. The summed E-state index contributed by atoms with van der Waals surface area (Å²) in [5.74, 6) is 1.12. The summed E-state index contributed by atoms with van der Waals surface area (Å²) in [7, 11) is 1.91. The molecule has 24 heavy (non-hydrogen) atoms. The molecule has 0 heterocycles. The second kappa shape index (κ2) is 10.5. The van der Waals surface area contributed by atoms with Crippen LogP contribution in [-0.4, -0.2) is 51.7 Å². The van der Waals surface area contributed by atoms with Gasteiger partial charge in [-0.05, 0) is 26.0 Å². The van der Waals surface area contributed by atoms with Crippen molar-refractivity contribution < 1.29 is 24.0 Å². The highest BCUT2D eigenvalue weighted by atomic mass is 16.5. The number of amides is 2. The highest BCUT2D eigenvalue weighted by Crippen LogP contribution is 2.30. The Kier molecular flexibility index (Phi) is 8.64. The molecule has 1 aromatic rings. The van der Waals surface area contributed by atoms with Crippen molar-refractivity contribution in [2.45, 2.75) is 20.8 Å². The first-order valence-electron chi connectivity index (χ1n) is 8.21. The Hall–Kier alpha value is -2.28. The molecule has 0 bridgehead atoms. The van der Waals surface area contributed by atoms with Crippen molar-refractivity contribution in [1.29, 1.82) is 0 Å². The lowest BCUT2D eigenvalue weighted by Gasteiger charge is -2.15. The average molecular weight is 338 g/mol. The summed E-state index contributed by atoms with van der Waals surface area (Å²) in [5.41, 5.74) is 0.668. The van der Waals surface area contributed by atoms with Crippen LogP contribution in [0.15, 0.2) is 18.2 Å². The Bertz CT molecular complexity index is 549. The van der Waals surface area contributed by atoms with Gasteiger partial charge in [0, 0.05) is 18.7 Å². The van der Waals surface area contributed by atoms with Crippen LogP contribution in [0.2, 0.25) is 0 Å². The van der Waals surface area contributed by atoms with E-state index in [-0.39, 0.29) is 11.8 Å². The Morgan fingerprint density at radius 3 is 2.42 bits per heavy atom. The van der Waals surface area contributed by atoms with E-state index in [9.17, 15) is 9.59 Å². The number of carbonyl (C=O) groups is 2. The third-order valence-corrected chi connectivity index (χ3v) is 3.22. The first-order valence-corrected chi connectivity index (χ1v) is 8.21. The zero-order valence-electron chi connectivity index (χ0n) is 14.9. The Morgan fingerprint density at radius 1 is 1.12 bits per heavy atom. The molecule has 0 aliphatic heterocycles. The largest absolute Gasteiger partial charge is 0.490 e. The molecule has 134 valence electrons. The van der Waals surface area contributed by atoms with Gasteiger partial charge in [0.05, 0.1) is 33.4 Å². The van der Waals surface area contributed by atoms with Crippen LogP contribution < -0.4 is 25.0 Å². The van der Waals surface area contributed by atoms with Gasteiger partial charge in [0.25, 0.3) is 5.91 Å². The zero-order chi connectivity index (χ0) is 17.9. The van der Waals surface area contributed by atoms with Crippen LogP contribution in [0.25, 0.3) is 0 Å². The lowest BCUT2D eigenvalue weighted by atomic mass is 10.2. The molecular formula is C17H28N3O4+. The second-order valence-corrected chi connectivity index (χ2v) is 5.44. The summed E-state index contributed by atoms with van der Waals surface area (Å²) in [6.45, 7) is 7.90. The van der Waals surface area contributed by atoms with Crippen molar-refractivity contribution >= 4 is 17.5 Å². The van der Waals surface area contributed by atoms with E-state index in [1.165, 1.54) is 6.92 Å². The van der Waals surface area contributed by atoms with Gasteiger partial charge >= 0.3 is 0 Å². The zero-order valence-corrected chi connectivity index (χ0v) is 14.9. The Morgan fingerprint density at radius 2 is 1.79 bits per heavy atom. The number of benzene rings is 1. The van der Waals surface area contributed by atoms with E-state index < -0.39 is 0 Å². The second-order valence-electron chi connectivity index (χ2n) is 5.44. The predicted molar refractivity (Wildman–Crippen MR) is 92.7 cm³/mol. The highest BCUT2D eigenvalue weighted by molar-refractivity contribution is 5.91. The quantitative estimate of drug-likeness (QED) is 0.564. The molecule has 7 nitrogen and oxygen atoms in total. The number of nitrogens with one attached hydrogen (secondary N) is 3. The first-order chi connectivity index (χ1) is 11.5. The van der Waals surface area contributed by atoms with Crippen molar-refractivity contribution in [3.63, 3.8) is 0 Å². The molecule has 1 rings (SSSR count). The molecule has 0 aliphatic rings. The van der Waals surface area contributed by atoms with Crippen LogP contribution in [0.4, 0.5) is 5.69 Å². The van der Waals surface area contributed by atoms with Crippen molar-refractivity contribution in [3.8, 4) is 11.5 Å². The number of anilines is 1. The van der Waals surface area contributed by atoms with E-state index in [1.807, 2.05) is 20.9 Å². The van der Waals surface area contributed by atoms with Gasteiger partial charge in [-0.1, -0.05) is 0 Å². The lowest BCUT2D eigenvalue weighted by Crippen LogP contribution is -3.10. The molecule has 1 aromatic carbocycles. The average Bonchev–Trinajstić information content (AvgIpc) is 2.49. The fraction of sp³-hybridized carbons (Fsp3) is 0.529. The number of carbonyl (C=O) groups excluding carboxylic acids is 2. The monoisotopic (exact) mass is 338 g/mol. The Labute approximate surface area is 143 Å². The number of hydrogen-bond acceptors (Lipinski definition) is 4. The molecule has 0 radical (unpaired) electrons. The highest BCUT2D eigenvalue weighted by Gasteiger charge is 2.12. The summed E-state index contributed by atoms with van der Waals surface area (Å²) < 4.78 is 11.0. The number of hydrogen-bond donors (Lipinski definition) is 3. The standard InChI is InChI=1S/C17H27N3O4/c1-5-23-15-8-7-14(11-16(15)24-6-2)19-17(22)12-20(4)10-9-18-13(3)21/h7-8,11H,5-6,9-10,12H2,1-4H3,(H,18,21)(H,19,22)/p+1. The third kappa shape index (κ3) is 7.32. The van der Waals surface area contributed by atoms with Gasteiger partial charge in [-0.25, -0.2) is 0 Å². The smallest absolute Gasteiger partial charge is 0.279 e. The van der Waals surface area contributed by atoms with Crippen LogP contribution in [0.5, 0.6) is 11.5 Å². The van der Waals surface area contributed by atoms with Gasteiger partial charge < -0.3 is 25.0 Å². The third-order valence-electron chi connectivity index (χ3n) is 3.22. The summed E-state index contributed by atoms with van der Waals surface area (Å²) in [4.78, 5) is 23.9. The van der Waals surface area contributed by atoms with E-state index in [1.54, 1.807) is 18.2 Å². The van der Waals surface area contributed by atoms with Crippen molar-refractivity contribution in [2.75, 3.05) is 45.2 Å². The summed E-state index contributed by atoms with van der Waals surface area (Å²) >= 11 is 0. The molecule has 1 unspecified atom stereocenters. The van der Waals surface area contributed by atoms with Crippen LogP contribution in [0, 0.1) is 0 Å². The van der Waals surface area contributed by atoms with Gasteiger partial charge in [0.2, 0.25) is 5.91 Å². The molecule has 1 atom stereocenters. The minimum Gasteiger partial charge on any atom is -0.490 e. The van der Waals surface area contributed by atoms with Gasteiger partial charge in [0.1, 0.15) is 0 Å². The number of quaternary nitrogens is 1. The van der Waals surface area contributed by atoms with Crippen molar-refractivity contribution in [2.24, 2.45) is 0 Å². The van der Waals surface area contributed by atoms with Gasteiger partial charge in [-0.3, -0.25) is 9.59 Å². The SMILES string of the molecule is CCOc1ccc(NC(=O)C[NH+](C)CCNC(C)=O)cc1OCC. The first kappa shape index (κ1) is 19.8. The summed E-state index contributed by atoms with van der Waals surface area (Å²) in [5, 5.41) is 5.57. The molecule has 0 saturated heterocycles. The summed E-state index contributed by atoms with van der Waals surface area (Å²) in [6.07, 6.45) is 0. The molecule has 0 fully saturated rings. The van der Waals surface area contributed by atoms with Gasteiger partial charge in [0.15, 0.2) is 18.0 Å². The number of ether oxygens (including phenoxy) is 2. The van der Waals surface area contributed by atoms with E-state index in [4.69, 9.17) is 9.47 Å². The lowest BCUT2D eigenvalue weighted by molar-refractivity contribution is -0.869. The molecule has 3 N–H and O–H groups in total. The fourth-order valence-electron chi connectivity index (χ4n) is 2.15. The topological polar surface area (TPSA) is 81.1 Å². The minimum absolute atomic E-state index is 0.0647. The molecule has 0 saturated carbocycles. The molecule has 0 aliphatic carbocycles. The molecule has 0 aromatic heterocycles. The van der Waals surface area contributed by atoms with Crippen LogP contribution in [-0.2, 0) is 9.59 Å². The van der Waals surface area contributed by atoms with Crippen LogP contribution >= 0.6 is 0 Å². The maximum atomic E-state index is 12.1. The molecule has 0 spiro atoms. The van der Waals surface area contributed by atoms with E-state index in [0.717, 1.165) is 4.90 Å². The minimum atomic E-state index is -0.0954.